The molecule has 1 saturated carbocycles. The molecule has 1 aliphatic heterocycles. The zero-order chi connectivity index (χ0) is 19.5. The summed E-state index contributed by atoms with van der Waals surface area (Å²) < 4.78 is 6.71. The zero-order valence-electron chi connectivity index (χ0n) is 17.4. The number of thioether (sulfide) groups is 1. The minimum Gasteiger partial charge on any atom is -0.364 e. The highest BCUT2D eigenvalue weighted by Crippen LogP contribution is 2.68. The monoisotopic (exact) mass is 394 g/mol. The first-order valence-corrected chi connectivity index (χ1v) is 12.0. The molecule has 4 rings (SSSR count). The van der Waals surface area contributed by atoms with Crippen molar-refractivity contribution in [2.75, 3.05) is 6.61 Å². The molecule has 0 radical (unpaired) electrons. The minimum atomic E-state index is -0.0312. The Morgan fingerprint density at radius 1 is 0.929 bits per heavy atom. The van der Waals surface area contributed by atoms with Gasteiger partial charge < -0.3 is 4.74 Å². The van der Waals surface area contributed by atoms with E-state index in [0.717, 1.165) is 6.61 Å². The Morgan fingerprint density at radius 2 is 1.57 bits per heavy atom. The first kappa shape index (κ1) is 20.0. The maximum atomic E-state index is 6.71. The van der Waals surface area contributed by atoms with E-state index in [9.17, 15) is 0 Å². The maximum Gasteiger partial charge on any atom is 0.120 e. The number of ether oxygens (including phenoxy) is 1. The fourth-order valence-electron chi connectivity index (χ4n) is 5.72. The Bertz CT molecular complexity index is 692. The second-order valence-electron chi connectivity index (χ2n) is 8.69. The summed E-state index contributed by atoms with van der Waals surface area (Å²) in [6.07, 6.45) is 8.82. The lowest BCUT2D eigenvalue weighted by molar-refractivity contribution is 0.0301. The van der Waals surface area contributed by atoms with Crippen LogP contribution in [0.25, 0.3) is 0 Å². The van der Waals surface area contributed by atoms with Gasteiger partial charge in [-0.15, -0.1) is 11.8 Å². The Hall–Kier alpha value is -1.25. The standard InChI is InChI=1S/C26H34OS/c1-3-4-12-21(2)28-26-18-11-17-25(26,19-20-27-26)24(22-13-7-5-8-14-22)23-15-9-6-10-16-23/h5-10,13-16,21,24H,3-4,11-12,17-20H2,1-2H3/t21-,25?,26?/m0/s1. The van der Waals surface area contributed by atoms with Gasteiger partial charge in [-0.1, -0.05) is 87.4 Å². The second-order valence-corrected chi connectivity index (χ2v) is 10.4. The topological polar surface area (TPSA) is 9.23 Å². The van der Waals surface area contributed by atoms with Crippen molar-refractivity contribution in [1.29, 1.82) is 0 Å². The van der Waals surface area contributed by atoms with Crippen molar-refractivity contribution in [2.45, 2.75) is 74.9 Å². The summed E-state index contributed by atoms with van der Waals surface area (Å²) in [5, 5.41) is 0.655. The van der Waals surface area contributed by atoms with Gasteiger partial charge in [0.15, 0.2) is 0 Å². The molecule has 0 N–H and O–H groups in total. The Balaban J connectivity index is 1.75. The molecule has 0 aromatic heterocycles. The normalized spacial score (nSPS) is 27.8. The number of rotatable bonds is 8. The third kappa shape index (κ3) is 3.55. The summed E-state index contributed by atoms with van der Waals surface area (Å²) in [4.78, 5) is -0.0312. The van der Waals surface area contributed by atoms with E-state index < -0.39 is 0 Å². The van der Waals surface area contributed by atoms with Gasteiger partial charge in [-0.05, 0) is 43.2 Å². The smallest absolute Gasteiger partial charge is 0.120 e. The van der Waals surface area contributed by atoms with Crippen LogP contribution in [0.4, 0.5) is 0 Å². The molecular formula is C26H34OS. The van der Waals surface area contributed by atoms with E-state index in [2.05, 4.69) is 86.3 Å². The summed E-state index contributed by atoms with van der Waals surface area (Å²) in [7, 11) is 0. The molecule has 2 aromatic rings. The van der Waals surface area contributed by atoms with Crippen molar-refractivity contribution in [2.24, 2.45) is 5.41 Å². The van der Waals surface area contributed by atoms with Gasteiger partial charge >= 0.3 is 0 Å². The number of hydrogen-bond acceptors (Lipinski definition) is 2. The third-order valence-corrected chi connectivity index (χ3v) is 8.69. The molecule has 1 heterocycles. The molecule has 2 fully saturated rings. The fourth-order valence-corrected chi connectivity index (χ4v) is 7.63. The predicted octanol–water partition coefficient (Wildman–Crippen LogP) is 7.42. The summed E-state index contributed by atoms with van der Waals surface area (Å²) >= 11 is 2.16. The van der Waals surface area contributed by atoms with Crippen molar-refractivity contribution in [3.63, 3.8) is 0 Å². The van der Waals surface area contributed by atoms with Gasteiger partial charge in [0.05, 0.1) is 0 Å². The molecule has 2 unspecified atom stereocenters. The highest BCUT2D eigenvalue weighted by Gasteiger charge is 2.63. The van der Waals surface area contributed by atoms with Crippen LogP contribution in [0.1, 0.15) is 75.8 Å². The van der Waals surface area contributed by atoms with Crippen LogP contribution in [0.3, 0.4) is 0 Å². The number of hydrogen-bond donors (Lipinski definition) is 0. The lowest BCUT2D eigenvalue weighted by atomic mass is 9.65. The van der Waals surface area contributed by atoms with E-state index >= 15 is 0 Å². The SMILES string of the molecule is CCCC[C@H](C)SC12CCCC1(C(c1ccccc1)c1ccccc1)CCO2. The fraction of sp³-hybridized carbons (Fsp3) is 0.538. The van der Waals surface area contributed by atoms with Gasteiger partial charge in [0.25, 0.3) is 0 Å². The van der Waals surface area contributed by atoms with E-state index in [1.54, 1.807) is 0 Å². The van der Waals surface area contributed by atoms with Gasteiger partial charge in [-0.25, -0.2) is 0 Å². The van der Waals surface area contributed by atoms with Crippen LogP contribution in [0.15, 0.2) is 60.7 Å². The van der Waals surface area contributed by atoms with Crippen LogP contribution in [0, 0.1) is 5.41 Å². The van der Waals surface area contributed by atoms with Crippen molar-refractivity contribution in [3.8, 4) is 0 Å². The summed E-state index contributed by atoms with van der Waals surface area (Å²) in [6, 6.07) is 22.4. The van der Waals surface area contributed by atoms with Crippen LogP contribution in [-0.4, -0.2) is 16.8 Å². The van der Waals surface area contributed by atoms with E-state index in [-0.39, 0.29) is 10.3 Å². The molecule has 2 aliphatic rings. The summed E-state index contributed by atoms with van der Waals surface area (Å²) in [5.41, 5.74) is 3.10. The van der Waals surface area contributed by atoms with Crippen LogP contribution in [-0.2, 0) is 4.74 Å². The van der Waals surface area contributed by atoms with Crippen LogP contribution in [0.5, 0.6) is 0 Å². The maximum absolute atomic E-state index is 6.71. The van der Waals surface area contributed by atoms with E-state index in [1.165, 1.54) is 56.1 Å². The Labute approximate surface area is 175 Å². The van der Waals surface area contributed by atoms with E-state index in [1.807, 2.05) is 0 Å². The average Bonchev–Trinajstić information content (AvgIpc) is 3.23. The van der Waals surface area contributed by atoms with Crippen LogP contribution in [0.2, 0.25) is 0 Å². The molecular weight excluding hydrogens is 360 g/mol. The van der Waals surface area contributed by atoms with Crippen LogP contribution >= 0.6 is 11.8 Å². The van der Waals surface area contributed by atoms with Crippen molar-refractivity contribution in [3.05, 3.63) is 71.8 Å². The van der Waals surface area contributed by atoms with Crippen LogP contribution < -0.4 is 0 Å². The summed E-state index contributed by atoms with van der Waals surface area (Å²) in [5.74, 6) is 0.408. The van der Waals surface area contributed by atoms with Gasteiger partial charge in [0, 0.05) is 23.2 Å². The number of fused-ring (bicyclic) bond motifs is 1. The molecule has 1 aliphatic carbocycles. The predicted molar refractivity (Wildman–Crippen MR) is 121 cm³/mol. The highest BCUT2D eigenvalue weighted by atomic mass is 32.2. The molecule has 0 bridgehead atoms. The zero-order valence-corrected chi connectivity index (χ0v) is 18.2. The van der Waals surface area contributed by atoms with Crippen molar-refractivity contribution < 1.29 is 4.74 Å². The van der Waals surface area contributed by atoms with Gasteiger partial charge in [0.1, 0.15) is 4.93 Å². The lowest BCUT2D eigenvalue weighted by Gasteiger charge is -2.46. The Kier molecular flexibility index (Phi) is 6.18. The Morgan fingerprint density at radius 3 is 2.18 bits per heavy atom. The molecule has 1 saturated heterocycles. The first-order chi connectivity index (χ1) is 13.7. The molecule has 3 atom stereocenters. The van der Waals surface area contributed by atoms with Crippen molar-refractivity contribution in [1.82, 2.24) is 0 Å². The average molecular weight is 395 g/mol. The van der Waals surface area contributed by atoms with Gasteiger partial charge in [-0.3, -0.25) is 0 Å². The molecule has 28 heavy (non-hydrogen) atoms. The molecule has 2 aromatic carbocycles. The second kappa shape index (κ2) is 8.63. The minimum absolute atomic E-state index is 0.0312. The molecule has 1 nitrogen and oxygen atoms in total. The molecule has 2 heteroatoms. The summed E-state index contributed by atoms with van der Waals surface area (Å²) in [6.45, 7) is 5.62. The van der Waals surface area contributed by atoms with Gasteiger partial charge in [-0.2, -0.15) is 0 Å². The first-order valence-electron chi connectivity index (χ1n) is 11.1. The number of benzene rings is 2. The molecule has 150 valence electrons. The van der Waals surface area contributed by atoms with E-state index in [0.29, 0.717) is 11.2 Å². The van der Waals surface area contributed by atoms with Crippen molar-refractivity contribution >= 4 is 11.8 Å². The van der Waals surface area contributed by atoms with Gasteiger partial charge in [0.2, 0.25) is 0 Å². The molecule has 0 amide bonds. The quantitative estimate of drug-likeness (QED) is 0.461. The molecule has 0 spiro atoms. The lowest BCUT2D eigenvalue weighted by Crippen LogP contribution is -2.43. The largest absolute Gasteiger partial charge is 0.364 e. The highest BCUT2D eigenvalue weighted by molar-refractivity contribution is 8.01. The van der Waals surface area contributed by atoms with E-state index in [4.69, 9.17) is 4.74 Å². The number of unbranched alkanes of at least 4 members (excludes halogenated alkanes) is 1. The third-order valence-electron chi connectivity index (χ3n) is 6.94.